The molecule has 5 nitrogen and oxygen atoms in total. The van der Waals surface area contributed by atoms with Crippen LogP contribution >= 0.6 is 0 Å². The molecule has 23 heavy (non-hydrogen) atoms. The van der Waals surface area contributed by atoms with Crippen LogP contribution in [0.3, 0.4) is 0 Å². The van der Waals surface area contributed by atoms with Crippen molar-refractivity contribution >= 4 is 11.7 Å². The van der Waals surface area contributed by atoms with E-state index < -0.39 is 0 Å². The molecule has 2 amide bonds. The lowest BCUT2D eigenvalue weighted by Gasteiger charge is -2.10. The Balaban J connectivity index is 1.57. The molecular weight excluding hydrogens is 297 g/mol. The van der Waals surface area contributed by atoms with Gasteiger partial charge in [-0.3, -0.25) is 0 Å². The first kappa shape index (κ1) is 15.3. The molecule has 1 aromatic carbocycles. The zero-order valence-corrected chi connectivity index (χ0v) is 13.0. The normalized spacial score (nSPS) is 19.1. The summed E-state index contributed by atoms with van der Waals surface area (Å²) in [5.74, 6) is 0.422. The van der Waals surface area contributed by atoms with Crippen molar-refractivity contribution in [2.45, 2.75) is 25.3 Å². The van der Waals surface area contributed by atoms with Crippen LogP contribution in [0.1, 0.15) is 23.6 Å². The molecule has 2 atom stereocenters. The Hall–Kier alpha value is -2.63. The predicted octanol–water partition coefficient (Wildman–Crippen LogP) is 3.22. The first-order valence-electron chi connectivity index (χ1n) is 7.41. The van der Waals surface area contributed by atoms with Gasteiger partial charge in [-0.25, -0.2) is 14.2 Å². The number of urea groups is 1. The van der Waals surface area contributed by atoms with E-state index in [2.05, 4.69) is 15.6 Å². The first-order valence-corrected chi connectivity index (χ1v) is 7.41. The van der Waals surface area contributed by atoms with Crippen molar-refractivity contribution in [2.24, 2.45) is 0 Å². The van der Waals surface area contributed by atoms with Gasteiger partial charge in [-0.05, 0) is 37.1 Å². The molecule has 1 aliphatic carbocycles. The molecule has 0 saturated heterocycles. The number of ether oxygens (including phenoxy) is 1. The fourth-order valence-corrected chi connectivity index (χ4v) is 2.57. The summed E-state index contributed by atoms with van der Waals surface area (Å²) in [4.78, 5) is 16.3. The van der Waals surface area contributed by atoms with E-state index in [0.29, 0.717) is 17.3 Å². The van der Waals surface area contributed by atoms with Crippen LogP contribution in [0.2, 0.25) is 0 Å². The average molecular weight is 315 g/mol. The van der Waals surface area contributed by atoms with Gasteiger partial charge in [0.25, 0.3) is 0 Å². The summed E-state index contributed by atoms with van der Waals surface area (Å²) in [6.07, 6.45) is 0.816. The van der Waals surface area contributed by atoms with Crippen molar-refractivity contribution in [2.75, 3.05) is 12.4 Å². The fraction of sp³-hybridized carbons (Fsp3) is 0.294. The lowest BCUT2D eigenvalue weighted by atomic mass is 10.1. The minimum absolute atomic E-state index is 0.0308. The Morgan fingerprint density at radius 2 is 2.17 bits per heavy atom. The fourth-order valence-electron chi connectivity index (χ4n) is 2.57. The van der Waals surface area contributed by atoms with Gasteiger partial charge < -0.3 is 15.4 Å². The lowest BCUT2D eigenvalue weighted by molar-refractivity contribution is 0.251. The second kappa shape index (κ2) is 6.24. The molecule has 3 rings (SSSR count). The number of anilines is 1. The smallest absolute Gasteiger partial charge is 0.319 e. The number of nitrogens with one attached hydrogen (secondary N) is 2. The highest BCUT2D eigenvalue weighted by molar-refractivity contribution is 5.90. The van der Waals surface area contributed by atoms with Crippen LogP contribution in [0.15, 0.2) is 36.4 Å². The molecule has 0 unspecified atom stereocenters. The molecule has 2 N–H and O–H groups in total. The van der Waals surface area contributed by atoms with Crippen LogP contribution in [0.5, 0.6) is 5.88 Å². The molecular formula is C17H18FN3O2. The number of nitrogens with zero attached hydrogens (tertiary/aromatic N) is 1. The highest BCUT2D eigenvalue weighted by Crippen LogP contribution is 2.40. The monoisotopic (exact) mass is 315 g/mol. The second-order valence-electron chi connectivity index (χ2n) is 5.59. The van der Waals surface area contributed by atoms with Crippen molar-refractivity contribution in [1.82, 2.24) is 10.3 Å². The maximum absolute atomic E-state index is 13.2. The molecule has 1 fully saturated rings. The van der Waals surface area contributed by atoms with Gasteiger partial charge >= 0.3 is 6.03 Å². The molecule has 1 saturated carbocycles. The summed E-state index contributed by atoms with van der Waals surface area (Å²) in [5.41, 5.74) is 2.22. The van der Waals surface area contributed by atoms with Crippen molar-refractivity contribution in [3.63, 3.8) is 0 Å². The summed E-state index contributed by atoms with van der Waals surface area (Å²) < 4.78 is 18.3. The number of amides is 2. The Labute approximate surface area is 133 Å². The minimum Gasteiger partial charge on any atom is -0.481 e. The predicted molar refractivity (Wildman–Crippen MR) is 85.2 cm³/mol. The van der Waals surface area contributed by atoms with E-state index in [9.17, 15) is 9.18 Å². The molecule has 1 aromatic heterocycles. The molecule has 2 aromatic rings. The molecule has 0 radical (unpaired) electrons. The van der Waals surface area contributed by atoms with Gasteiger partial charge in [-0.1, -0.05) is 12.1 Å². The molecule has 120 valence electrons. The van der Waals surface area contributed by atoms with E-state index in [1.165, 1.54) is 12.1 Å². The zero-order valence-electron chi connectivity index (χ0n) is 13.0. The van der Waals surface area contributed by atoms with Gasteiger partial charge in [0.15, 0.2) is 0 Å². The number of carbonyl (C=O) groups excluding carboxylic acids is 1. The number of aromatic nitrogens is 1. The quantitative estimate of drug-likeness (QED) is 0.910. The number of pyridine rings is 1. The number of carbonyl (C=O) groups is 1. The van der Waals surface area contributed by atoms with Crippen molar-refractivity contribution in [1.29, 1.82) is 0 Å². The molecule has 6 heteroatoms. The van der Waals surface area contributed by atoms with Crippen molar-refractivity contribution in [3.05, 3.63) is 53.5 Å². The number of methoxy groups -OCH3 is 1. The number of hydrogen-bond acceptors (Lipinski definition) is 3. The molecule has 1 aliphatic rings. The van der Waals surface area contributed by atoms with Crippen LogP contribution in [0.25, 0.3) is 0 Å². The SMILES string of the molecule is COc1ccc(NC(=O)N[C@@H]2C[C@H]2c2cccc(F)c2)c(C)n1. The number of halogens is 1. The number of rotatable bonds is 4. The molecule has 0 spiro atoms. The molecule has 1 heterocycles. The largest absolute Gasteiger partial charge is 0.481 e. The maximum atomic E-state index is 13.2. The summed E-state index contributed by atoms with van der Waals surface area (Å²) in [7, 11) is 1.54. The van der Waals surface area contributed by atoms with Gasteiger partial charge in [0.1, 0.15) is 5.82 Å². The van der Waals surface area contributed by atoms with Crippen LogP contribution < -0.4 is 15.4 Å². The van der Waals surface area contributed by atoms with Gasteiger partial charge in [-0.15, -0.1) is 0 Å². The highest BCUT2D eigenvalue weighted by Gasteiger charge is 2.39. The van der Waals surface area contributed by atoms with Gasteiger partial charge in [0.05, 0.1) is 18.5 Å². The van der Waals surface area contributed by atoms with Crippen molar-refractivity contribution < 1.29 is 13.9 Å². The summed E-state index contributed by atoms with van der Waals surface area (Å²) in [5, 5.41) is 5.67. The topological polar surface area (TPSA) is 63.2 Å². The van der Waals surface area contributed by atoms with E-state index in [4.69, 9.17) is 4.74 Å². The highest BCUT2D eigenvalue weighted by atomic mass is 19.1. The summed E-state index contributed by atoms with van der Waals surface area (Å²) in [6.45, 7) is 1.80. The van der Waals surface area contributed by atoms with Crippen LogP contribution in [0.4, 0.5) is 14.9 Å². The standard InChI is InChI=1S/C17H18FN3O2/c1-10-14(6-7-16(19-10)23-2)20-17(22)21-15-9-13(15)11-4-3-5-12(18)8-11/h3-8,13,15H,9H2,1-2H3,(H2,20,21,22)/t13-,15+/m0/s1. The Kier molecular flexibility index (Phi) is 4.14. The Morgan fingerprint density at radius 3 is 2.87 bits per heavy atom. The molecule has 0 bridgehead atoms. The minimum atomic E-state index is -0.288. The zero-order chi connectivity index (χ0) is 16.4. The Bertz CT molecular complexity index is 736. The van der Waals surface area contributed by atoms with E-state index in [1.807, 2.05) is 6.07 Å². The summed E-state index contributed by atoms with van der Waals surface area (Å²) >= 11 is 0. The third-order valence-corrected chi connectivity index (χ3v) is 3.90. The maximum Gasteiger partial charge on any atom is 0.319 e. The number of benzene rings is 1. The van der Waals surface area contributed by atoms with E-state index in [1.54, 1.807) is 32.2 Å². The number of aryl methyl sites for hydroxylation is 1. The first-order chi connectivity index (χ1) is 11.1. The lowest BCUT2D eigenvalue weighted by Crippen LogP contribution is -2.31. The third kappa shape index (κ3) is 3.59. The number of hydrogen-bond donors (Lipinski definition) is 2. The van der Waals surface area contributed by atoms with E-state index in [0.717, 1.165) is 12.0 Å². The summed E-state index contributed by atoms with van der Waals surface area (Å²) in [6, 6.07) is 9.68. The van der Waals surface area contributed by atoms with Crippen LogP contribution in [-0.4, -0.2) is 24.2 Å². The van der Waals surface area contributed by atoms with Crippen molar-refractivity contribution in [3.8, 4) is 5.88 Å². The third-order valence-electron chi connectivity index (χ3n) is 3.90. The van der Waals surface area contributed by atoms with Gasteiger partial charge in [0.2, 0.25) is 5.88 Å². The van der Waals surface area contributed by atoms with E-state index in [-0.39, 0.29) is 23.8 Å². The average Bonchev–Trinajstić information content (AvgIpc) is 3.28. The molecule has 0 aliphatic heterocycles. The second-order valence-corrected chi connectivity index (χ2v) is 5.59. The van der Waals surface area contributed by atoms with Gasteiger partial charge in [0, 0.05) is 18.0 Å². The van der Waals surface area contributed by atoms with Crippen LogP contribution in [-0.2, 0) is 0 Å². The van der Waals surface area contributed by atoms with Gasteiger partial charge in [-0.2, -0.15) is 0 Å². The Morgan fingerprint density at radius 1 is 1.35 bits per heavy atom. The van der Waals surface area contributed by atoms with E-state index >= 15 is 0 Å². The van der Waals surface area contributed by atoms with Crippen LogP contribution in [0, 0.1) is 12.7 Å².